The van der Waals surface area contributed by atoms with Crippen molar-refractivity contribution in [1.82, 2.24) is 9.97 Å². The number of aromatic amines is 1. The van der Waals surface area contributed by atoms with Crippen LogP contribution in [0.2, 0.25) is 0 Å². The molecule has 2 aromatic heterocycles. The Kier molecular flexibility index (Phi) is 3.02. The van der Waals surface area contributed by atoms with Gasteiger partial charge in [-0.2, -0.15) is 0 Å². The van der Waals surface area contributed by atoms with Gasteiger partial charge in [-0.25, -0.2) is 9.37 Å². The number of aromatic nitrogens is 2. The summed E-state index contributed by atoms with van der Waals surface area (Å²) in [4.78, 5) is 19.6. The van der Waals surface area contributed by atoms with Crippen molar-refractivity contribution in [1.29, 1.82) is 0 Å². The number of rotatable bonds is 2. The number of benzene rings is 1. The molecular weight excluding hydrogens is 325 g/mol. The molecule has 0 saturated heterocycles. The second kappa shape index (κ2) is 4.72. The molecule has 0 bridgehead atoms. The summed E-state index contributed by atoms with van der Waals surface area (Å²) in [7, 11) is 0. The molecule has 0 radical (unpaired) electrons. The first-order chi connectivity index (χ1) is 9.56. The summed E-state index contributed by atoms with van der Waals surface area (Å²) in [5, 5.41) is 0.660. The van der Waals surface area contributed by atoms with Crippen molar-refractivity contribution in [3.8, 4) is 0 Å². The highest BCUT2D eigenvalue weighted by Gasteiger charge is 2.17. The molecule has 0 aliphatic heterocycles. The summed E-state index contributed by atoms with van der Waals surface area (Å²) in [6.07, 6.45) is 3.18. The third kappa shape index (κ3) is 2.08. The molecule has 0 amide bonds. The molecule has 4 nitrogen and oxygen atoms in total. The highest BCUT2D eigenvalue weighted by molar-refractivity contribution is 9.10. The number of carbonyl (C=O) groups is 1. The minimum atomic E-state index is -0.498. The summed E-state index contributed by atoms with van der Waals surface area (Å²) in [6.45, 7) is 0. The smallest absolute Gasteiger partial charge is 0.197 e. The maximum absolute atomic E-state index is 13.3. The van der Waals surface area contributed by atoms with Crippen LogP contribution in [0, 0.1) is 5.82 Å². The Labute approximate surface area is 121 Å². The minimum Gasteiger partial charge on any atom is -0.398 e. The van der Waals surface area contributed by atoms with E-state index in [-0.39, 0.29) is 17.0 Å². The van der Waals surface area contributed by atoms with Crippen LogP contribution in [0.4, 0.5) is 10.1 Å². The lowest BCUT2D eigenvalue weighted by atomic mass is 10.0. The number of nitrogens with one attached hydrogen (secondary N) is 1. The molecule has 3 N–H and O–H groups in total. The van der Waals surface area contributed by atoms with Crippen molar-refractivity contribution in [3.05, 3.63) is 58.1 Å². The van der Waals surface area contributed by atoms with Gasteiger partial charge >= 0.3 is 0 Å². The van der Waals surface area contributed by atoms with Crippen LogP contribution in [-0.2, 0) is 0 Å². The first kappa shape index (κ1) is 12.8. The monoisotopic (exact) mass is 333 g/mol. The van der Waals surface area contributed by atoms with Crippen LogP contribution in [0.3, 0.4) is 0 Å². The highest BCUT2D eigenvalue weighted by Crippen LogP contribution is 2.25. The van der Waals surface area contributed by atoms with Crippen molar-refractivity contribution in [2.75, 3.05) is 5.73 Å². The van der Waals surface area contributed by atoms with Gasteiger partial charge in [0.2, 0.25) is 0 Å². The zero-order chi connectivity index (χ0) is 14.3. The largest absolute Gasteiger partial charge is 0.398 e. The molecule has 0 spiro atoms. The fourth-order valence-corrected chi connectivity index (χ4v) is 2.37. The number of anilines is 1. The van der Waals surface area contributed by atoms with E-state index in [1.807, 2.05) is 0 Å². The molecular formula is C14H9BrFN3O. The summed E-state index contributed by atoms with van der Waals surface area (Å²) in [6, 6.07) is 5.52. The van der Waals surface area contributed by atoms with Gasteiger partial charge in [0.1, 0.15) is 11.5 Å². The number of nitrogens with two attached hydrogens (primary N) is 1. The van der Waals surface area contributed by atoms with E-state index >= 15 is 0 Å². The number of H-pyrrole nitrogens is 1. The zero-order valence-corrected chi connectivity index (χ0v) is 11.7. The van der Waals surface area contributed by atoms with Crippen molar-refractivity contribution in [2.45, 2.75) is 0 Å². The van der Waals surface area contributed by atoms with Gasteiger partial charge in [0, 0.05) is 39.1 Å². The predicted octanol–water partition coefficient (Wildman–Crippen LogP) is 3.28. The molecule has 6 heteroatoms. The van der Waals surface area contributed by atoms with E-state index in [9.17, 15) is 9.18 Å². The van der Waals surface area contributed by atoms with Gasteiger partial charge < -0.3 is 10.7 Å². The molecule has 0 aliphatic carbocycles. The van der Waals surface area contributed by atoms with E-state index in [1.165, 1.54) is 12.1 Å². The molecule has 0 saturated carbocycles. The number of hydrogen-bond donors (Lipinski definition) is 2. The quantitative estimate of drug-likeness (QED) is 0.558. The number of carbonyl (C=O) groups excluding carboxylic acids is 1. The minimum absolute atomic E-state index is 0.144. The van der Waals surface area contributed by atoms with Crippen LogP contribution in [0.25, 0.3) is 11.0 Å². The topological polar surface area (TPSA) is 71.8 Å². The highest BCUT2D eigenvalue weighted by atomic mass is 79.9. The maximum atomic E-state index is 13.3. The van der Waals surface area contributed by atoms with Crippen molar-refractivity contribution >= 4 is 38.4 Å². The van der Waals surface area contributed by atoms with Gasteiger partial charge in [0.25, 0.3) is 0 Å². The van der Waals surface area contributed by atoms with Gasteiger partial charge in [-0.3, -0.25) is 4.79 Å². The lowest BCUT2D eigenvalue weighted by Crippen LogP contribution is -2.05. The van der Waals surface area contributed by atoms with E-state index in [1.54, 1.807) is 18.5 Å². The van der Waals surface area contributed by atoms with Gasteiger partial charge in [-0.15, -0.1) is 0 Å². The van der Waals surface area contributed by atoms with E-state index in [0.717, 1.165) is 10.5 Å². The van der Waals surface area contributed by atoms with Crippen LogP contribution in [0.15, 0.2) is 41.1 Å². The van der Waals surface area contributed by atoms with E-state index in [4.69, 9.17) is 5.73 Å². The first-order valence-electron chi connectivity index (χ1n) is 5.78. The van der Waals surface area contributed by atoms with Gasteiger partial charge in [-0.1, -0.05) is 0 Å². The van der Waals surface area contributed by atoms with Crippen molar-refractivity contribution in [3.63, 3.8) is 0 Å². The molecule has 0 unspecified atom stereocenters. The number of halogens is 2. The van der Waals surface area contributed by atoms with Crippen molar-refractivity contribution in [2.24, 2.45) is 0 Å². The Hall–Kier alpha value is -2.21. The third-order valence-electron chi connectivity index (χ3n) is 3.00. The number of nitrogens with zero attached hydrogens (tertiary/aromatic N) is 1. The third-order valence-corrected chi connectivity index (χ3v) is 3.44. The molecule has 0 aliphatic rings. The average Bonchev–Trinajstić information content (AvgIpc) is 2.83. The fraction of sp³-hybridized carbons (Fsp3) is 0. The van der Waals surface area contributed by atoms with Crippen LogP contribution in [-0.4, -0.2) is 15.8 Å². The predicted molar refractivity (Wildman–Crippen MR) is 78.0 cm³/mol. The fourth-order valence-electron chi connectivity index (χ4n) is 2.04. The average molecular weight is 334 g/mol. The Balaban J connectivity index is 2.17. The Morgan fingerprint density at radius 3 is 2.90 bits per heavy atom. The number of fused-ring (bicyclic) bond motifs is 1. The molecule has 0 fully saturated rings. The van der Waals surface area contributed by atoms with Crippen LogP contribution in [0.1, 0.15) is 15.9 Å². The zero-order valence-electron chi connectivity index (χ0n) is 10.2. The number of nitrogen functional groups attached to an aromatic ring is 1. The second-order valence-corrected chi connectivity index (χ2v) is 5.23. The maximum Gasteiger partial charge on any atom is 0.197 e. The summed E-state index contributed by atoms with van der Waals surface area (Å²) in [5.41, 5.74) is 7.13. The standard InChI is InChI=1S/C14H9BrFN3O/c15-7-3-9-11(6-19-14(9)18-5-7)13(20)10-4-8(16)1-2-12(10)17/h1-6H,17H2,(H,18,19). The van der Waals surface area contributed by atoms with E-state index in [2.05, 4.69) is 25.9 Å². The Morgan fingerprint density at radius 2 is 2.10 bits per heavy atom. The van der Waals surface area contributed by atoms with Gasteiger partial charge in [-0.05, 0) is 40.2 Å². The van der Waals surface area contributed by atoms with Crippen LogP contribution >= 0.6 is 15.9 Å². The first-order valence-corrected chi connectivity index (χ1v) is 6.58. The van der Waals surface area contributed by atoms with E-state index in [0.29, 0.717) is 16.6 Å². The SMILES string of the molecule is Nc1ccc(F)cc1C(=O)c1c[nH]c2ncc(Br)cc12. The Bertz CT molecular complexity index is 828. The normalized spacial score (nSPS) is 10.9. The lowest BCUT2D eigenvalue weighted by molar-refractivity contribution is 0.104. The molecule has 3 rings (SSSR count). The summed E-state index contributed by atoms with van der Waals surface area (Å²) < 4.78 is 14.0. The summed E-state index contributed by atoms with van der Waals surface area (Å²) in [5.74, 6) is -0.838. The summed E-state index contributed by atoms with van der Waals surface area (Å²) >= 11 is 3.31. The molecule has 3 aromatic rings. The Morgan fingerprint density at radius 1 is 1.30 bits per heavy atom. The van der Waals surface area contributed by atoms with Gasteiger partial charge in [0.15, 0.2) is 5.78 Å². The van der Waals surface area contributed by atoms with Crippen molar-refractivity contribution < 1.29 is 9.18 Å². The number of ketones is 1. The van der Waals surface area contributed by atoms with Gasteiger partial charge in [0.05, 0.1) is 0 Å². The molecule has 100 valence electrons. The second-order valence-electron chi connectivity index (χ2n) is 4.31. The van der Waals surface area contributed by atoms with Crippen LogP contribution in [0.5, 0.6) is 0 Å². The molecule has 1 aromatic carbocycles. The number of hydrogen-bond acceptors (Lipinski definition) is 3. The number of pyridine rings is 1. The molecule has 2 heterocycles. The van der Waals surface area contributed by atoms with Crippen LogP contribution < -0.4 is 5.73 Å². The lowest BCUT2D eigenvalue weighted by Gasteiger charge is -2.04. The molecule has 20 heavy (non-hydrogen) atoms. The molecule has 0 atom stereocenters. The van der Waals surface area contributed by atoms with E-state index < -0.39 is 5.82 Å².